The van der Waals surface area contributed by atoms with Crippen LogP contribution >= 0.6 is 0 Å². The van der Waals surface area contributed by atoms with Crippen LogP contribution in [0.4, 0.5) is 5.69 Å². The van der Waals surface area contributed by atoms with Gasteiger partial charge in [0.15, 0.2) is 6.29 Å². The molecule has 0 saturated carbocycles. The molecule has 0 aliphatic carbocycles. The number of carbonyl (C=O) groups excluding carboxylic acids is 2. The van der Waals surface area contributed by atoms with Crippen molar-refractivity contribution < 1.29 is 9.59 Å². The SMILES string of the molecule is CC(=O)Nc1ccc2[nH]c(C=O)cc2c1. The largest absolute Gasteiger partial charge is 0.352 e. The molecule has 1 heterocycles. The van der Waals surface area contributed by atoms with Gasteiger partial charge in [-0.2, -0.15) is 0 Å². The number of hydrogen-bond acceptors (Lipinski definition) is 2. The Morgan fingerprint density at radius 3 is 2.87 bits per heavy atom. The van der Waals surface area contributed by atoms with Gasteiger partial charge in [0.05, 0.1) is 5.69 Å². The van der Waals surface area contributed by atoms with E-state index in [4.69, 9.17) is 0 Å². The van der Waals surface area contributed by atoms with E-state index < -0.39 is 0 Å². The van der Waals surface area contributed by atoms with Gasteiger partial charge in [-0.25, -0.2) is 0 Å². The van der Waals surface area contributed by atoms with Crippen molar-refractivity contribution in [2.45, 2.75) is 6.92 Å². The Morgan fingerprint density at radius 1 is 1.40 bits per heavy atom. The van der Waals surface area contributed by atoms with Crippen LogP contribution in [0, 0.1) is 0 Å². The second-order valence-electron chi connectivity index (χ2n) is 3.33. The number of nitrogens with one attached hydrogen (secondary N) is 2. The first-order valence-corrected chi connectivity index (χ1v) is 4.54. The molecule has 2 aromatic rings. The zero-order valence-corrected chi connectivity index (χ0v) is 8.20. The number of carbonyl (C=O) groups is 2. The molecule has 1 amide bonds. The minimum absolute atomic E-state index is 0.111. The van der Waals surface area contributed by atoms with Crippen LogP contribution < -0.4 is 5.32 Å². The smallest absolute Gasteiger partial charge is 0.221 e. The standard InChI is InChI=1S/C11H10N2O2/c1-7(15)12-9-2-3-11-8(4-9)5-10(6-14)13-11/h2-6,13H,1H3,(H,12,15). The predicted octanol–water partition coefficient (Wildman–Crippen LogP) is 1.94. The van der Waals surface area contributed by atoms with Crippen molar-refractivity contribution in [3.05, 3.63) is 30.0 Å². The number of anilines is 1. The first-order valence-electron chi connectivity index (χ1n) is 4.54. The average Bonchev–Trinajstić information content (AvgIpc) is 2.58. The summed E-state index contributed by atoms with van der Waals surface area (Å²) in [5.74, 6) is -0.111. The zero-order chi connectivity index (χ0) is 10.8. The van der Waals surface area contributed by atoms with Crippen molar-refractivity contribution in [3.8, 4) is 0 Å². The first kappa shape index (κ1) is 9.45. The van der Waals surface area contributed by atoms with Gasteiger partial charge in [-0.1, -0.05) is 0 Å². The van der Waals surface area contributed by atoms with E-state index in [1.54, 1.807) is 12.1 Å². The van der Waals surface area contributed by atoms with Gasteiger partial charge in [0.1, 0.15) is 0 Å². The molecule has 4 nitrogen and oxygen atoms in total. The molecule has 0 aliphatic heterocycles. The summed E-state index contributed by atoms with van der Waals surface area (Å²) in [5.41, 5.74) is 2.14. The van der Waals surface area contributed by atoms with Crippen LogP contribution in [-0.2, 0) is 4.79 Å². The molecule has 0 radical (unpaired) electrons. The fourth-order valence-corrected chi connectivity index (χ4v) is 1.50. The van der Waals surface area contributed by atoms with Gasteiger partial charge < -0.3 is 10.3 Å². The number of amides is 1. The molecule has 1 aromatic carbocycles. The number of H-pyrrole nitrogens is 1. The zero-order valence-electron chi connectivity index (χ0n) is 8.20. The average molecular weight is 202 g/mol. The van der Waals surface area contributed by atoms with Crippen LogP contribution in [0.5, 0.6) is 0 Å². The molecule has 0 aliphatic rings. The highest BCUT2D eigenvalue weighted by Gasteiger charge is 2.01. The summed E-state index contributed by atoms with van der Waals surface area (Å²) < 4.78 is 0. The maximum absolute atomic E-state index is 10.8. The summed E-state index contributed by atoms with van der Waals surface area (Å²) in [6.07, 6.45) is 0.762. The van der Waals surface area contributed by atoms with E-state index in [2.05, 4.69) is 10.3 Å². The van der Waals surface area contributed by atoms with Gasteiger partial charge in [-0.3, -0.25) is 9.59 Å². The minimum Gasteiger partial charge on any atom is -0.352 e. The lowest BCUT2D eigenvalue weighted by molar-refractivity contribution is -0.114. The van der Waals surface area contributed by atoms with Crippen LogP contribution in [-0.4, -0.2) is 17.2 Å². The molecule has 0 unspecified atom stereocenters. The summed E-state index contributed by atoms with van der Waals surface area (Å²) in [6.45, 7) is 1.46. The number of benzene rings is 1. The summed E-state index contributed by atoms with van der Waals surface area (Å²) in [7, 11) is 0. The molecule has 0 atom stereocenters. The molecule has 0 spiro atoms. The molecular weight excluding hydrogens is 192 g/mol. The lowest BCUT2D eigenvalue weighted by Gasteiger charge is -2.00. The molecule has 0 saturated heterocycles. The lowest BCUT2D eigenvalue weighted by Crippen LogP contribution is -2.05. The molecule has 4 heteroatoms. The quantitative estimate of drug-likeness (QED) is 0.731. The highest BCUT2D eigenvalue weighted by molar-refractivity contribution is 5.94. The molecule has 2 N–H and O–H groups in total. The molecule has 76 valence electrons. The molecule has 0 bridgehead atoms. The molecular formula is C11H10N2O2. The monoisotopic (exact) mass is 202 g/mol. The molecule has 1 aromatic heterocycles. The van der Waals surface area contributed by atoms with Crippen molar-refractivity contribution in [2.24, 2.45) is 0 Å². The lowest BCUT2D eigenvalue weighted by atomic mass is 10.2. The fraction of sp³-hybridized carbons (Fsp3) is 0.0909. The van der Waals surface area contributed by atoms with Crippen molar-refractivity contribution in [2.75, 3.05) is 5.32 Å². The van der Waals surface area contributed by atoms with Gasteiger partial charge in [0.2, 0.25) is 5.91 Å². The van der Waals surface area contributed by atoms with Crippen LogP contribution in [0.3, 0.4) is 0 Å². The van der Waals surface area contributed by atoms with Crippen LogP contribution in [0.2, 0.25) is 0 Å². The number of rotatable bonds is 2. The second-order valence-corrected chi connectivity index (χ2v) is 3.33. The molecule has 0 fully saturated rings. The van der Waals surface area contributed by atoms with Gasteiger partial charge in [-0.15, -0.1) is 0 Å². The third-order valence-electron chi connectivity index (χ3n) is 2.09. The number of hydrogen-bond donors (Lipinski definition) is 2. The van der Waals surface area contributed by atoms with Gasteiger partial charge in [0, 0.05) is 23.5 Å². The second kappa shape index (κ2) is 3.57. The van der Waals surface area contributed by atoms with Crippen molar-refractivity contribution in [3.63, 3.8) is 0 Å². The van der Waals surface area contributed by atoms with E-state index in [0.29, 0.717) is 5.69 Å². The Bertz CT molecular complexity index is 528. The summed E-state index contributed by atoms with van der Waals surface area (Å²) in [4.78, 5) is 24.3. The topological polar surface area (TPSA) is 62.0 Å². The van der Waals surface area contributed by atoms with Crippen molar-refractivity contribution >= 4 is 28.8 Å². The van der Waals surface area contributed by atoms with Gasteiger partial charge in [0.25, 0.3) is 0 Å². The van der Waals surface area contributed by atoms with E-state index >= 15 is 0 Å². The number of aromatic amines is 1. The Labute approximate surface area is 86.3 Å². The summed E-state index contributed by atoms with van der Waals surface area (Å²) >= 11 is 0. The maximum Gasteiger partial charge on any atom is 0.221 e. The normalized spacial score (nSPS) is 10.2. The highest BCUT2D eigenvalue weighted by atomic mass is 16.1. The van der Waals surface area contributed by atoms with Crippen molar-refractivity contribution in [1.82, 2.24) is 4.98 Å². The van der Waals surface area contributed by atoms with Gasteiger partial charge in [-0.05, 0) is 24.3 Å². The predicted molar refractivity (Wildman–Crippen MR) is 58.0 cm³/mol. The van der Waals surface area contributed by atoms with Crippen LogP contribution in [0.25, 0.3) is 10.9 Å². The molecule has 15 heavy (non-hydrogen) atoms. The van der Waals surface area contributed by atoms with E-state index in [-0.39, 0.29) is 5.91 Å². The number of aromatic nitrogens is 1. The fourth-order valence-electron chi connectivity index (χ4n) is 1.50. The summed E-state index contributed by atoms with van der Waals surface area (Å²) in [5, 5.41) is 3.59. The number of fused-ring (bicyclic) bond motifs is 1. The van der Waals surface area contributed by atoms with Crippen LogP contribution in [0.15, 0.2) is 24.3 Å². The maximum atomic E-state index is 10.8. The Hall–Kier alpha value is -2.10. The highest BCUT2D eigenvalue weighted by Crippen LogP contribution is 2.19. The van der Waals surface area contributed by atoms with Gasteiger partial charge >= 0.3 is 0 Å². The van der Waals surface area contributed by atoms with E-state index in [0.717, 1.165) is 22.9 Å². The Kier molecular flexibility index (Phi) is 2.25. The Balaban J connectivity index is 2.45. The van der Waals surface area contributed by atoms with E-state index in [1.165, 1.54) is 6.92 Å². The third-order valence-corrected chi connectivity index (χ3v) is 2.09. The minimum atomic E-state index is -0.111. The summed E-state index contributed by atoms with van der Waals surface area (Å²) in [6, 6.07) is 7.18. The Morgan fingerprint density at radius 2 is 2.20 bits per heavy atom. The molecule has 2 rings (SSSR count). The van der Waals surface area contributed by atoms with Crippen LogP contribution in [0.1, 0.15) is 17.4 Å². The van der Waals surface area contributed by atoms with Crippen molar-refractivity contribution in [1.29, 1.82) is 0 Å². The number of aldehydes is 1. The third kappa shape index (κ3) is 1.88. The van der Waals surface area contributed by atoms with E-state index in [1.807, 2.05) is 12.1 Å². The van der Waals surface area contributed by atoms with E-state index in [9.17, 15) is 9.59 Å². The first-order chi connectivity index (χ1) is 7.19.